The Bertz CT molecular complexity index is 600. The predicted molar refractivity (Wildman–Crippen MR) is 79.3 cm³/mol. The van der Waals surface area contributed by atoms with Crippen molar-refractivity contribution < 1.29 is 4.74 Å². The summed E-state index contributed by atoms with van der Waals surface area (Å²) >= 11 is 0. The number of ether oxygens (including phenoxy) is 1. The Morgan fingerprint density at radius 3 is 2.90 bits per heavy atom. The summed E-state index contributed by atoms with van der Waals surface area (Å²) in [5, 5.41) is 0. The highest BCUT2D eigenvalue weighted by Crippen LogP contribution is 2.24. The first kappa shape index (κ1) is 12.7. The molecule has 1 aromatic heterocycles. The predicted octanol–water partition coefficient (Wildman–Crippen LogP) is 1.94. The molecule has 1 aromatic carbocycles. The topological polar surface area (TPSA) is 41.5 Å². The molecule has 1 aliphatic heterocycles. The van der Waals surface area contributed by atoms with Gasteiger partial charge in [-0.25, -0.2) is 4.98 Å². The van der Waals surface area contributed by atoms with Gasteiger partial charge in [0.2, 0.25) is 5.95 Å². The number of aromatic nitrogens is 2. The van der Waals surface area contributed by atoms with E-state index in [1.165, 1.54) is 5.56 Å². The quantitative estimate of drug-likeness (QED) is 0.834. The second-order valence-electron chi connectivity index (χ2n) is 4.99. The zero-order valence-electron chi connectivity index (χ0n) is 11.8. The molecule has 0 saturated carbocycles. The van der Waals surface area contributed by atoms with Crippen LogP contribution in [0.25, 0.3) is 0 Å². The van der Waals surface area contributed by atoms with Crippen molar-refractivity contribution in [2.45, 2.75) is 6.54 Å². The van der Waals surface area contributed by atoms with Crippen LogP contribution >= 0.6 is 0 Å². The minimum atomic E-state index is 0.645. The van der Waals surface area contributed by atoms with E-state index in [-0.39, 0.29) is 0 Å². The van der Waals surface area contributed by atoms with Gasteiger partial charge >= 0.3 is 0 Å². The molecule has 104 valence electrons. The van der Waals surface area contributed by atoms with Crippen molar-refractivity contribution in [3.63, 3.8) is 0 Å². The van der Waals surface area contributed by atoms with Crippen LogP contribution in [0.5, 0.6) is 5.75 Å². The van der Waals surface area contributed by atoms with Crippen LogP contribution in [0.2, 0.25) is 0 Å². The first-order valence-corrected chi connectivity index (χ1v) is 6.70. The molecule has 0 atom stereocenters. The molecule has 5 heteroatoms. The Hall–Kier alpha value is -2.30. The van der Waals surface area contributed by atoms with Crippen molar-refractivity contribution >= 4 is 11.8 Å². The third-order valence-corrected chi connectivity index (χ3v) is 3.32. The summed E-state index contributed by atoms with van der Waals surface area (Å²) < 4.78 is 5.77. The normalized spacial score (nSPS) is 14.2. The van der Waals surface area contributed by atoms with Gasteiger partial charge in [0.15, 0.2) is 0 Å². The average molecular weight is 270 g/mol. The molecule has 5 nitrogen and oxygen atoms in total. The molecule has 0 aliphatic carbocycles. The van der Waals surface area contributed by atoms with Gasteiger partial charge in [-0.1, -0.05) is 18.2 Å². The molecule has 3 rings (SSSR count). The summed E-state index contributed by atoms with van der Waals surface area (Å²) in [4.78, 5) is 13.1. The summed E-state index contributed by atoms with van der Waals surface area (Å²) in [6.07, 6.45) is 1.80. The molecule has 0 unspecified atom stereocenters. The van der Waals surface area contributed by atoms with Crippen LogP contribution in [0, 0.1) is 0 Å². The smallest absolute Gasteiger partial charge is 0.227 e. The Morgan fingerprint density at radius 1 is 1.20 bits per heavy atom. The van der Waals surface area contributed by atoms with Crippen molar-refractivity contribution in [1.82, 2.24) is 9.97 Å². The van der Waals surface area contributed by atoms with E-state index in [1.807, 2.05) is 43.3 Å². The van der Waals surface area contributed by atoms with E-state index in [9.17, 15) is 0 Å². The van der Waals surface area contributed by atoms with Gasteiger partial charge in [-0.2, -0.15) is 4.98 Å². The Labute approximate surface area is 118 Å². The number of hydrogen-bond acceptors (Lipinski definition) is 5. The van der Waals surface area contributed by atoms with Gasteiger partial charge < -0.3 is 14.5 Å². The zero-order chi connectivity index (χ0) is 13.9. The highest BCUT2D eigenvalue weighted by Gasteiger charge is 2.17. The van der Waals surface area contributed by atoms with Crippen molar-refractivity contribution in [2.75, 3.05) is 37.0 Å². The second kappa shape index (κ2) is 5.36. The SMILES string of the molecule is CN(C)c1ccnc(N2CCOc3ccccc3C2)n1. The maximum atomic E-state index is 5.77. The molecule has 0 saturated heterocycles. The van der Waals surface area contributed by atoms with Crippen molar-refractivity contribution in [3.05, 3.63) is 42.1 Å². The molecule has 0 spiro atoms. The van der Waals surface area contributed by atoms with Gasteiger partial charge in [0, 0.05) is 32.4 Å². The molecular weight excluding hydrogens is 252 g/mol. The van der Waals surface area contributed by atoms with Crippen molar-refractivity contribution in [1.29, 1.82) is 0 Å². The van der Waals surface area contributed by atoms with E-state index in [4.69, 9.17) is 4.74 Å². The Morgan fingerprint density at radius 2 is 2.05 bits per heavy atom. The molecule has 1 aliphatic rings. The summed E-state index contributed by atoms with van der Waals surface area (Å²) in [6, 6.07) is 10.0. The van der Waals surface area contributed by atoms with Crippen LogP contribution < -0.4 is 14.5 Å². The molecule has 0 fully saturated rings. The van der Waals surface area contributed by atoms with Gasteiger partial charge in [0.05, 0.1) is 6.54 Å². The van der Waals surface area contributed by atoms with Gasteiger partial charge in [-0.3, -0.25) is 0 Å². The number of nitrogens with zero attached hydrogens (tertiary/aromatic N) is 4. The Balaban J connectivity index is 1.89. The maximum Gasteiger partial charge on any atom is 0.227 e. The molecular formula is C15H18N4O. The zero-order valence-corrected chi connectivity index (χ0v) is 11.8. The number of para-hydroxylation sites is 1. The van der Waals surface area contributed by atoms with E-state index in [2.05, 4.69) is 20.9 Å². The minimum absolute atomic E-state index is 0.645. The van der Waals surface area contributed by atoms with Crippen LogP contribution in [0.15, 0.2) is 36.5 Å². The van der Waals surface area contributed by atoms with Crippen LogP contribution in [0.3, 0.4) is 0 Å². The summed E-state index contributed by atoms with van der Waals surface area (Å²) in [6.45, 7) is 2.20. The van der Waals surface area contributed by atoms with Crippen LogP contribution in [-0.2, 0) is 6.54 Å². The fraction of sp³-hybridized carbons (Fsp3) is 0.333. The lowest BCUT2D eigenvalue weighted by Crippen LogP contribution is -2.27. The molecule has 0 N–H and O–H groups in total. The molecule has 0 bridgehead atoms. The van der Waals surface area contributed by atoms with Gasteiger partial charge in [-0.05, 0) is 12.1 Å². The van der Waals surface area contributed by atoms with E-state index in [1.54, 1.807) is 6.20 Å². The monoisotopic (exact) mass is 270 g/mol. The number of fused-ring (bicyclic) bond motifs is 1. The standard InChI is InChI=1S/C15H18N4O/c1-18(2)14-7-8-16-15(17-14)19-9-10-20-13-6-4-3-5-12(13)11-19/h3-8H,9-11H2,1-2H3. The first-order chi connectivity index (χ1) is 9.74. The largest absolute Gasteiger partial charge is 0.491 e. The lowest BCUT2D eigenvalue weighted by atomic mass is 10.2. The van der Waals surface area contributed by atoms with E-state index >= 15 is 0 Å². The molecule has 0 amide bonds. The highest BCUT2D eigenvalue weighted by molar-refractivity contribution is 5.45. The van der Waals surface area contributed by atoms with E-state index in [0.717, 1.165) is 30.6 Å². The lowest BCUT2D eigenvalue weighted by molar-refractivity contribution is 0.331. The first-order valence-electron chi connectivity index (χ1n) is 6.70. The van der Waals surface area contributed by atoms with Gasteiger partial charge in [0.1, 0.15) is 18.2 Å². The van der Waals surface area contributed by atoms with Crippen molar-refractivity contribution in [3.8, 4) is 5.75 Å². The lowest BCUT2D eigenvalue weighted by Gasteiger charge is -2.21. The van der Waals surface area contributed by atoms with Gasteiger partial charge in [-0.15, -0.1) is 0 Å². The third kappa shape index (κ3) is 2.52. The van der Waals surface area contributed by atoms with Crippen LogP contribution in [-0.4, -0.2) is 37.2 Å². The van der Waals surface area contributed by atoms with Crippen LogP contribution in [0.1, 0.15) is 5.56 Å². The average Bonchev–Trinajstić information content (AvgIpc) is 2.69. The summed E-state index contributed by atoms with van der Waals surface area (Å²) in [7, 11) is 3.96. The fourth-order valence-electron chi connectivity index (χ4n) is 2.24. The fourth-order valence-corrected chi connectivity index (χ4v) is 2.24. The number of rotatable bonds is 2. The highest BCUT2D eigenvalue weighted by atomic mass is 16.5. The molecule has 20 heavy (non-hydrogen) atoms. The Kier molecular flexibility index (Phi) is 3.41. The number of hydrogen-bond donors (Lipinski definition) is 0. The van der Waals surface area contributed by atoms with E-state index in [0.29, 0.717) is 6.61 Å². The van der Waals surface area contributed by atoms with Gasteiger partial charge in [0.25, 0.3) is 0 Å². The maximum absolute atomic E-state index is 5.77. The summed E-state index contributed by atoms with van der Waals surface area (Å²) in [5.74, 6) is 2.61. The molecule has 2 heterocycles. The third-order valence-electron chi connectivity index (χ3n) is 3.32. The number of benzene rings is 1. The molecule has 2 aromatic rings. The second-order valence-corrected chi connectivity index (χ2v) is 4.99. The van der Waals surface area contributed by atoms with Crippen molar-refractivity contribution in [2.24, 2.45) is 0 Å². The summed E-state index contributed by atoms with van der Waals surface area (Å²) in [5.41, 5.74) is 1.17. The minimum Gasteiger partial charge on any atom is -0.491 e. The molecule has 0 radical (unpaired) electrons. The van der Waals surface area contributed by atoms with Crippen LogP contribution in [0.4, 0.5) is 11.8 Å². The van der Waals surface area contributed by atoms with E-state index < -0.39 is 0 Å². The number of anilines is 2.